The average Bonchev–Trinajstić information content (AvgIpc) is 3.22. The number of benzene rings is 3. The maximum absolute atomic E-state index is 9.72. The molecular formula is C28H20N2O3. The molecule has 0 spiro atoms. The van der Waals surface area contributed by atoms with Gasteiger partial charge in [-0.2, -0.15) is 5.26 Å². The monoisotopic (exact) mass is 432 g/mol. The van der Waals surface area contributed by atoms with E-state index in [0.29, 0.717) is 28.2 Å². The molecular weight excluding hydrogens is 412 g/mol. The summed E-state index contributed by atoms with van der Waals surface area (Å²) in [4.78, 5) is 0. The Morgan fingerprint density at radius 3 is 2.15 bits per heavy atom. The Hall–Kier alpha value is -4.56. The molecule has 33 heavy (non-hydrogen) atoms. The highest BCUT2D eigenvalue weighted by atomic mass is 16.5. The summed E-state index contributed by atoms with van der Waals surface area (Å²) in [5, 5.41) is 18.8. The summed E-state index contributed by atoms with van der Waals surface area (Å²) in [5.74, 6) is 1.85. The van der Waals surface area contributed by atoms with Crippen LogP contribution in [-0.4, -0.2) is 7.11 Å². The number of nitrogens with zero attached hydrogens (tertiary/aromatic N) is 1. The molecule has 0 aliphatic heterocycles. The van der Waals surface area contributed by atoms with Gasteiger partial charge >= 0.3 is 0 Å². The normalized spacial score (nSPS) is 10.8. The van der Waals surface area contributed by atoms with Crippen molar-refractivity contribution in [3.8, 4) is 45.4 Å². The van der Waals surface area contributed by atoms with Crippen LogP contribution in [0.4, 0.5) is 0 Å². The van der Waals surface area contributed by atoms with E-state index >= 15 is 0 Å². The van der Waals surface area contributed by atoms with Gasteiger partial charge in [0.25, 0.3) is 0 Å². The lowest BCUT2D eigenvalue weighted by Crippen LogP contribution is -2.07. The molecule has 0 unspecified atom stereocenters. The summed E-state index contributed by atoms with van der Waals surface area (Å²) < 4.78 is 17.4. The van der Waals surface area contributed by atoms with Crippen LogP contribution in [0.25, 0.3) is 44.5 Å². The number of aryl methyl sites for hydroxylation is 1. The minimum Gasteiger partial charge on any atom is -0.496 e. The lowest BCUT2D eigenvalue weighted by Gasteiger charge is -2.11. The van der Waals surface area contributed by atoms with Crippen LogP contribution < -0.4 is 10.3 Å². The molecule has 5 heteroatoms. The number of furan rings is 1. The number of rotatable bonds is 4. The Bertz CT molecular complexity index is 1570. The molecule has 0 radical (unpaired) electrons. The van der Waals surface area contributed by atoms with E-state index in [0.717, 1.165) is 27.8 Å². The number of nitriles is 1. The van der Waals surface area contributed by atoms with Crippen LogP contribution in [0.3, 0.4) is 0 Å². The number of fused-ring (bicyclic) bond motifs is 1. The third-order valence-electron chi connectivity index (χ3n) is 5.62. The second kappa shape index (κ2) is 8.18. The van der Waals surface area contributed by atoms with Crippen molar-refractivity contribution in [3.05, 3.63) is 95.7 Å². The van der Waals surface area contributed by atoms with Gasteiger partial charge in [-0.15, -0.1) is 0 Å². The Morgan fingerprint density at radius 2 is 1.52 bits per heavy atom. The first-order chi connectivity index (χ1) is 16.1. The predicted octanol–water partition coefficient (Wildman–Crippen LogP) is 6.69. The van der Waals surface area contributed by atoms with Crippen molar-refractivity contribution in [3.63, 3.8) is 0 Å². The standard InChI is InChI=1S/C28H20N2O3/c1-17-13-20(23(16-29)28(30)32-17)21-14-22-25(15-24(21)31-2)33-27(19-11-7-4-8-12-19)26(22)18-9-5-3-6-10-18/h3-15,30H,1-2H3. The van der Waals surface area contributed by atoms with E-state index in [1.165, 1.54) is 0 Å². The fourth-order valence-corrected chi connectivity index (χ4v) is 4.15. The van der Waals surface area contributed by atoms with Gasteiger partial charge in [0, 0.05) is 33.7 Å². The molecule has 1 N–H and O–H groups in total. The third-order valence-corrected chi connectivity index (χ3v) is 5.62. The largest absolute Gasteiger partial charge is 0.496 e. The van der Waals surface area contributed by atoms with Gasteiger partial charge in [0.05, 0.1) is 7.11 Å². The number of ether oxygens (including phenoxy) is 1. The second-order valence-corrected chi connectivity index (χ2v) is 7.67. The van der Waals surface area contributed by atoms with Gasteiger partial charge in [0.15, 0.2) is 0 Å². The quantitative estimate of drug-likeness (QED) is 0.343. The van der Waals surface area contributed by atoms with Gasteiger partial charge in [-0.1, -0.05) is 60.7 Å². The van der Waals surface area contributed by atoms with Crippen LogP contribution >= 0.6 is 0 Å². The minimum absolute atomic E-state index is 0.159. The fraction of sp³-hybridized carbons (Fsp3) is 0.0714. The van der Waals surface area contributed by atoms with E-state index < -0.39 is 0 Å². The molecule has 2 aromatic heterocycles. The van der Waals surface area contributed by atoms with Crippen LogP contribution in [0.15, 0.2) is 87.7 Å². The molecule has 5 aromatic rings. The van der Waals surface area contributed by atoms with E-state index in [4.69, 9.17) is 19.0 Å². The van der Waals surface area contributed by atoms with Crippen molar-refractivity contribution in [2.75, 3.05) is 7.11 Å². The van der Waals surface area contributed by atoms with Crippen molar-refractivity contribution < 1.29 is 13.6 Å². The van der Waals surface area contributed by atoms with Crippen molar-refractivity contribution >= 4 is 11.0 Å². The molecule has 3 aromatic carbocycles. The van der Waals surface area contributed by atoms with Crippen LogP contribution in [0.2, 0.25) is 0 Å². The number of hydrogen-bond acceptors (Lipinski definition) is 5. The van der Waals surface area contributed by atoms with Gasteiger partial charge in [0.2, 0.25) is 5.55 Å². The van der Waals surface area contributed by atoms with Crippen molar-refractivity contribution in [2.45, 2.75) is 6.92 Å². The van der Waals surface area contributed by atoms with E-state index in [2.05, 4.69) is 18.2 Å². The summed E-state index contributed by atoms with van der Waals surface area (Å²) in [6.45, 7) is 1.76. The molecule has 0 saturated heterocycles. The molecule has 0 aliphatic rings. The van der Waals surface area contributed by atoms with Crippen LogP contribution in [0.1, 0.15) is 11.3 Å². The SMILES string of the molecule is COc1cc2oc(-c3ccccc3)c(-c3ccccc3)c2cc1-c1cc(C)oc(=N)c1C#N. The topological polar surface area (TPSA) is 83.2 Å². The first-order valence-corrected chi connectivity index (χ1v) is 10.5. The zero-order valence-corrected chi connectivity index (χ0v) is 18.2. The highest BCUT2D eigenvalue weighted by Gasteiger charge is 2.22. The fourth-order valence-electron chi connectivity index (χ4n) is 4.15. The highest BCUT2D eigenvalue weighted by Crippen LogP contribution is 2.45. The molecule has 0 bridgehead atoms. The van der Waals surface area contributed by atoms with Crippen molar-refractivity contribution in [1.82, 2.24) is 0 Å². The molecule has 2 heterocycles. The summed E-state index contributed by atoms with van der Waals surface area (Å²) in [6, 6.07) is 27.7. The Labute approximate surface area is 190 Å². The second-order valence-electron chi connectivity index (χ2n) is 7.67. The van der Waals surface area contributed by atoms with E-state index in [-0.39, 0.29) is 11.1 Å². The van der Waals surface area contributed by atoms with Crippen LogP contribution in [0, 0.1) is 23.7 Å². The number of nitrogens with one attached hydrogen (secondary N) is 1. The summed E-state index contributed by atoms with van der Waals surface area (Å²) in [6.07, 6.45) is 0. The minimum atomic E-state index is -0.171. The van der Waals surface area contributed by atoms with Gasteiger partial charge in [0.1, 0.15) is 34.5 Å². The van der Waals surface area contributed by atoms with Crippen LogP contribution in [-0.2, 0) is 0 Å². The number of methoxy groups -OCH3 is 1. The van der Waals surface area contributed by atoms with Gasteiger partial charge < -0.3 is 13.6 Å². The molecule has 0 fully saturated rings. The maximum atomic E-state index is 9.72. The van der Waals surface area contributed by atoms with Crippen molar-refractivity contribution in [2.24, 2.45) is 0 Å². The summed E-state index contributed by atoms with van der Waals surface area (Å²) >= 11 is 0. The Morgan fingerprint density at radius 1 is 0.848 bits per heavy atom. The average molecular weight is 432 g/mol. The van der Waals surface area contributed by atoms with Gasteiger partial charge in [-0.05, 0) is 24.6 Å². The third kappa shape index (κ3) is 3.48. The Balaban J connectivity index is 1.89. The van der Waals surface area contributed by atoms with Crippen LogP contribution in [0.5, 0.6) is 5.75 Å². The maximum Gasteiger partial charge on any atom is 0.230 e. The first-order valence-electron chi connectivity index (χ1n) is 10.5. The van der Waals surface area contributed by atoms with Gasteiger partial charge in [-0.25, -0.2) is 0 Å². The zero-order valence-electron chi connectivity index (χ0n) is 18.2. The Kier molecular flexibility index (Phi) is 5.04. The molecule has 5 nitrogen and oxygen atoms in total. The number of hydrogen-bond donors (Lipinski definition) is 1. The molecule has 0 atom stereocenters. The molecule has 0 saturated carbocycles. The zero-order chi connectivity index (χ0) is 22.9. The summed E-state index contributed by atoms with van der Waals surface area (Å²) in [7, 11) is 1.58. The lowest BCUT2D eigenvalue weighted by molar-refractivity contribution is 0.416. The van der Waals surface area contributed by atoms with E-state index in [1.54, 1.807) is 20.1 Å². The lowest BCUT2D eigenvalue weighted by atomic mass is 9.94. The first kappa shape index (κ1) is 20.3. The molecule has 160 valence electrons. The molecule has 0 aliphatic carbocycles. The highest BCUT2D eigenvalue weighted by molar-refractivity contribution is 6.04. The summed E-state index contributed by atoms with van der Waals surface area (Å²) in [5.41, 5.74) is 4.90. The van der Waals surface area contributed by atoms with E-state index in [9.17, 15) is 5.26 Å². The van der Waals surface area contributed by atoms with E-state index in [1.807, 2.05) is 60.7 Å². The molecule has 0 amide bonds. The van der Waals surface area contributed by atoms with Crippen molar-refractivity contribution in [1.29, 1.82) is 10.7 Å². The predicted molar refractivity (Wildman–Crippen MR) is 127 cm³/mol. The molecule has 5 rings (SSSR count). The van der Waals surface area contributed by atoms with Gasteiger partial charge in [-0.3, -0.25) is 5.41 Å². The smallest absolute Gasteiger partial charge is 0.230 e.